The van der Waals surface area contributed by atoms with Crippen LogP contribution < -0.4 is 5.32 Å². The van der Waals surface area contributed by atoms with Crippen LogP contribution in [0, 0.1) is 6.92 Å². The molecule has 0 bridgehead atoms. The molecule has 0 heterocycles. The van der Waals surface area contributed by atoms with Gasteiger partial charge in [-0.15, -0.1) is 0 Å². The second-order valence-corrected chi connectivity index (χ2v) is 4.22. The molecule has 2 aromatic rings. The van der Waals surface area contributed by atoms with Crippen molar-refractivity contribution in [2.75, 3.05) is 5.32 Å². The Morgan fingerprint density at radius 3 is 2.29 bits per heavy atom. The van der Waals surface area contributed by atoms with Crippen molar-refractivity contribution in [3.8, 4) is 0 Å². The lowest BCUT2D eigenvalue weighted by Crippen LogP contribution is -2.21. The maximum absolute atomic E-state index is 9.91. The van der Waals surface area contributed by atoms with Crippen molar-refractivity contribution < 1.29 is 5.11 Å². The molecule has 0 fully saturated rings. The van der Waals surface area contributed by atoms with Gasteiger partial charge >= 0.3 is 0 Å². The smallest absolute Gasteiger partial charge is 0.128 e. The van der Waals surface area contributed by atoms with Gasteiger partial charge in [0, 0.05) is 12.1 Å². The van der Waals surface area contributed by atoms with Gasteiger partial charge in [-0.2, -0.15) is 0 Å². The molecule has 2 nitrogen and oxygen atoms in total. The molecule has 0 saturated heterocycles. The number of hydrogen-bond acceptors (Lipinski definition) is 2. The minimum absolute atomic E-state index is 0.555. The van der Waals surface area contributed by atoms with Gasteiger partial charge in [0.05, 0.1) is 0 Å². The summed E-state index contributed by atoms with van der Waals surface area (Å²) in [5, 5.41) is 13.0. The average Bonchev–Trinajstić information content (AvgIpc) is 2.33. The summed E-state index contributed by atoms with van der Waals surface area (Å²) in [6.45, 7) is 2.05. The molecule has 0 radical (unpaired) electrons. The number of aliphatic hydroxyl groups is 1. The van der Waals surface area contributed by atoms with Crippen LogP contribution in [0.15, 0.2) is 54.6 Å². The third-order valence-electron chi connectivity index (χ3n) is 2.66. The summed E-state index contributed by atoms with van der Waals surface area (Å²) >= 11 is 0. The van der Waals surface area contributed by atoms with Gasteiger partial charge in [-0.3, -0.25) is 0 Å². The summed E-state index contributed by atoms with van der Waals surface area (Å²) in [6.07, 6.45) is 0.0504. The summed E-state index contributed by atoms with van der Waals surface area (Å²) in [5.74, 6) is 0. The van der Waals surface area contributed by atoms with Gasteiger partial charge in [-0.1, -0.05) is 48.0 Å². The van der Waals surface area contributed by atoms with Crippen molar-refractivity contribution in [1.82, 2.24) is 0 Å². The van der Waals surface area contributed by atoms with E-state index in [0.717, 1.165) is 11.3 Å². The van der Waals surface area contributed by atoms with Crippen molar-refractivity contribution in [2.45, 2.75) is 19.6 Å². The molecule has 17 heavy (non-hydrogen) atoms. The SMILES string of the molecule is Cc1ccc(NC(O)Cc2ccccc2)cc1. The average molecular weight is 227 g/mol. The largest absolute Gasteiger partial charge is 0.373 e. The van der Waals surface area contributed by atoms with Crippen LogP contribution in [0.1, 0.15) is 11.1 Å². The van der Waals surface area contributed by atoms with Gasteiger partial charge in [0.1, 0.15) is 6.23 Å². The summed E-state index contributed by atoms with van der Waals surface area (Å²) in [6, 6.07) is 18.0. The third kappa shape index (κ3) is 3.61. The van der Waals surface area contributed by atoms with Gasteiger partial charge in [0.25, 0.3) is 0 Å². The number of rotatable bonds is 4. The second-order valence-electron chi connectivity index (χ2n) is 4.22. The highest BCUT2D eigenvalue weighted by Gasteiger charge is 2.04. The third-order valence-corrected chi connectivity index (χ3v) is 2.66. The highest BCUT2D eigenvalue weighted by molar-refractivity contribution is 5.44. The Balaban J connectivity index is 1.93. The molecule has 1 unspecified atom stereocenters. The summed E-state index contributed by atoms with van der Waals surface area (Å²) in [7, 11) is 0. The van der Waals surface area contributed by atoms with Crippen LogP contribution in [-0.2, 0) is 6.42 Å². The predicted octanol–water partition coefficient (Wildman–Crippen LogP) is 2.97. The predicted molar refractivity (Wildman–Crippen MR) is 71.0 cm³/mol. The molecular formula is C15H17NO. The maximum Gasteiger partial charge on any atom is 0.128 e. The molecule has 2 heteroatoms. The zero-order chi connectivity index (χ0) is 12.1. The highest BCUT2D eigenvalue weighted by Crippen LogP contribution is 2.11. The summed E-state index contributed by atoms with van der Waals surface area (Å²) in [4.78, 5) is 0. The Labute approximate surface area is 102 Å². The monoisotopic (exact) mass is 227 g/mol. The minimum Gasteiger partial charge on any atom is -0.373 e. The Morgan fingerprint density at radius 1 is 1.00 bits per heavy atom. The molecule has 0 aliphatic heterocycles. The number of benzene rings is 2. The van der Waals surface area contributed by atoms with Crippen LogP contribution in [0.5, 0.6) is 0 Å². The number of aryl methyl sites for hydroxylation is 1. The number of nitrogens with one attached hydrogen (secondary N) is 1. The van der Waals surface area contributed by atoms with E-state index in [4.69, 9.17) is 0 Å². The first kappa shape index (κ1) is 11.7. The van der Waals surface area contributed by atoms with E-state index in [1.165, 1.54) is 5.56 Å². The van der Waals surface area contributed by atoms with E-state index in [2.05, 4.69) is 5.32 Å². The maximum atomic E-state index is 9.91. The van der Waals surface area contributed by atoms with E-state index in [9.17, 15) is 5.11 Å². The summed E-state index contributed by atoms with van der Waals surface area (Å²) < 4.78 is 0. The van der Waals surface area contributed by atoms with Gasteiger partial charge in [0.15, 0.2) is 0 Å². The van der Waals surface area contributed by atoms with Gasteiger partial charge in [0.2, 0.25) is 0 Å². The molecular weight excluding hydrogens is 210 g/mol. The van der Waals surface area contributed by atoms with Crippen molar-refractivity contribution in [3.05, 3.63) is 65.7 Å². The normalized spacial score (nSPS) is 12.1. The number of hydrogen-bond donors (Lipinski definition) is 2. The van der Waals surface area contributed by atoms with Crippen molar-refractivity contribution >= 4 is 5.69 Å². The first-order valence-electron chi connectivity index (χ1n) is 5.79. The fraction of sp³-hybridized carbons (Fsp3) is 0.200. The standard InChI is InChI=1S/C15H17NO/c1-12-7-9-14(10-8-12)16-15(17)11-13-5-3-2-4-6-13/h2-10,15-17H,11H2,1H3. The first-order chi connectivity index (χ1) is 8.24. The second kappa shape index (κ2) is 5.51. The molecule has 0 aliphatic rings. The molecule has 0 amide bonds. The van der Waals surface area contributed by atoms with Gasteiger partial charge in [-0.25, -0.2) is 0 Å². The van der Waals surface area contributed by atoms with Gasteiger partial charge < -0.3 is 10.4 Å². The van der Waals surface area contributed by atoms with Crippen LogP contribution in [0.25, 0.3) is 0 Å². The van der Waals surface area contributed by atoms with E-state index in [-0.39, 0.29) is 0 Å². The molecule has 1 atom stereocenters. The minimum atomic E-state index is -0.555. The van der Waals surface area contributed by atoms with Crippen LogP contribution >= 0.6 is 0 Å². The molecule has 0 spiro atoms. The van der Waals surface area contributed by atoms with Crippen LogP contribution in [0.2, 0.25) is 0 Å². The molecule has 0 saturated carbocycles. The van der Waals surface area contributed by atoms with Crippen molar-refractivity contribution in [2.24, 2.45) is 0 Å². The molecule has 2 rings (SSSR count). The number of aliphatic hydroxyl groups excluding tert-OH is 1. The number of anilines is 1. The Hall–Kier alpha value is -1.80. The topological polar surface area (TPSA) is 32.3 Å². The van der Waals surface area contributed by atoms with E-state index in [1.54, 1.807) is 0 Å². The lowest BCUT2D eigenvalue weighted by Gasteiger charge is -2.14. The molecule has 0 aromatic heterocycles. The first-order valence-corrected chi connectivity index (χ1v) is 5.79. The highest BCUT2D eigenvalue weighted by atomic mass is 16.3. The molecule has 2 N–H and O–H groups in total. The zero-order valence-electron chi connectivity index (χ0n) is 9.93. The van der Waals surface area contributed by atoms with Crippen molar-refractivity contribution in [3.63, 3.8) is 0 Å². The van der Waals surface area contributed by atoms with Crippen LogP contribution in [-0.4, -0.2) is 11.3 Å². The molecule has 88 valence electrons. The van der Waals surface area contributed by atoms with Crippen LogP contribution in [0.4, 0.5) is 5.69 Å². The molecule has 2 aromatic carbocycles. The lowest BCUT2D eigenvalue weighted by atomic mass is 10.1. The Kier molecular flexibility index (Phi) is 3.78. The Bertz CT molecular complexity index is 450. The van der Waals surface area contributed by atoms with E-state index in [0.29, 0.717) is 6.42 Å². The van der Waals surface area contributed by atoms with Crippen LogP contribution in [0.3, 0.4) is 0 Å². The lowest BCUT2D eigenvalue weighted by molar-refractivity contribution is 0.204. The van der Waals surface area contributed by atoms with Crippen molar-refractivity contribution in [1.29, 1.82) is 0 Å². The van der Waals surface area contributed by atoms with E-state index in [1.807, 2.05) is 61.5 Å². The van der Waals surface area contributed by atoms with Gasteiger partial charge in [-0.05, 0) is 24.6 Å². The van der Waals surface area contributed by atoms with E-state index < -0.39 is 6.23 Å². The Morgan fingerprint density at radius 2 is 1.65 bits per heavy atom. The van der Waals surface area contributed by atoms with E-state index >= 15 is 0 Å². The zero-order valence-corrected chi connectivity index (χ0v) is 9.93. The fourth-order valence-corrected chi connectivity index (χ4v) is 1.73. The quantitative estimate of drug-likeness (QED) is 0.787. The molecule has 0 aliphatic carbocycles. The fourth-order valence-electron chi connectivity index (χ4n) is 1.73. The summed E-state index contributed by atoms with van der Waals surface area (Å²) in [5.41, 5.74) is 3.28.